The Hall–Kier alpha value is -1.50. The van der Waals surface area contributed by atoms with Crippen LogP contribution in [-0.4, -0.2) is 50.6 Å². The van der Waals surface area contributed by atoms with Crippen LogP contribution in [0.3, 0.4) is 0 Å². The van der Waals surface area contributed by atoms with Crippen LogP contribution < -0.4 is 15.5 Å². The highest BCUT2D eigenvalue weighted by Crippen LogP contribution is 2.34. The van der Waals surface area contributed by atoms with Crippen LogP contribution in [-0.2, 0) is 9.47 Å². The molecule has 0 aliphatic carbocycles. The number of hydrogen-bond donors (Lipinski definition) is 2. The lowest BCUT2D eigenvalue weighted by atomic mass is 9.90. The third-order valence-electron chi connectivity index (χ3n) is 5.80. The molecule has 2 amide bonds. The van der Waals surface area contributed by atoms with Crippen molar-refractivity contribution < 1.29 is 14.3 Å². The Kier molecular flexibility index (Phi) is 5.76. The fraction of sp³-hybridized carbons (Fsp3) is 0.650. The van der Waals surface area contributed by atoms with Crippen LogP contribution in [0.25, 0.3) is 0 Å². The van der Waals surface area contributed by atoms with Gasteiger partial charge in [-0.2, -0.15) is 0 Å². The third kappa shape index (κ3) is 4.50. The molecule has 148 valence electrons. The van der Waals surface area contributed by atoms with E-state index in [0.717, 1.165) is 50.3 Å². The number of anilines is 2. The summed E-state index contributed by atoms with van der Waals surface area (Å²) in [5.74, 6) is 0. The number of piperidine rings is 1. The first-order chi connectivity index (χ1) is 13.1. The second kappa shape index (κ2) is 8.25. The molecule has 3 aliphatic heterocycles. The van der Waals surface area contributed by atoms with Crippen LogP contribution >= 0.6 is 11.6 Å². The molecule has 3 heterocycles. The highest BCUT2D eigenvalue weighted by Gasteiger charge is 2.41. The fourth-order valence-corrected chi connectivity index (χ4v) is 4.55. The molecular weight excluding hydrogens is 366 g/mol. The van der Waals surface area contributed by atoms with Crippen LogP contribution in [0.4, 0.5) is 16.2 Å². The van der Waals surface area contributed by atoms with Crippen LogP contribution in [0.15, 0.2) is 18.2 Å². The van der Waals surface area contributed by atoms with E-state index < -0.39 is 0 Å². The molecule has 7 heteroatoms. The molecule has 6 nitrogen and oxygen atoms in total. The van der Waals surface area contributed by atoms with E-state index in [4.69, 9.17) is 21.1 Å². The van der Waals surface area contributed by atoms with Crippen molar-refractivity contribution in [2.45, 2.75) is 50.2 Å². The van der Waals surface area contributed by atoms with Crippen molar-refractivity contribution in [1.82, 2.24) is 5.32 Å². The number of nitrogens with zero attached hydrogens (tertiary/aromatic N) is 1. The summed E-state index contributed by atoms with van der Waals surface area (Å²) >= 11 is 6.19. The summed E-state index contributed by atoms with van der Waals surface area (Å²) in [5, 5.41) is 6.77. The van der Waals surface area contributed by atoms with Crippen LogP contribution in [0.5, 0.6) is 0 Å². The van der Waals surface area contributed by atoms with E-state index >= 15 is 0 Å². The number of nitrogens with one attached hydrogen (secondary N) is 2. The van der Waals surface area contributed by atoms with Gasteiger partial charge in [0, 0.05) is 43.8 Å². The first kappa shape index (κ1) is 18.8. The van der Waals surface area contributed by atoms with Gasteiger partial charge in [-0.05, 0) is 50.3 Å². The number of halogens is 1. The smallest absolute Gasteiger partial charge is 0.319 e. The summed E-state index contributed by atoms with van der Waals surface area (Å²) in [6.45, 7) is 4.05. The average Bonchev–Trinajstić information content (AvgIpc) is 3.10. The Bertz CT molecular complexity index is 672. The van der Waals surface area contributed by atoms with Gasteiger partial charge in [0.15, 0.2) is 0 Å². The van der Waals surface area contributed by atoms with Gasteiger partial charge in [-0.25, -0.2) is 4.79 Å². The molecular formula is C20H28ClN3O3. The predicted octanol–water partition coefficient (Wildman–Crippen LogP) is 3.79. The monoisotopic (exact) mass is 393 g/mol. The van der Waals surface area contributed by atoms with Gasteiger partial charge in [0.25, 0.3) is 0 Å². The summed E-state index contributed by atoms with van der Waals surface area (Å²) in [7, 11) is 0. The molecule has 0 saturated carbocycles. The predicted molar refractivity (Wildman–Crippen MR) is 107 cm³/mol. The molecule has 2 atom stereocenters. The van der Waals surface area contributed by atoms with E-state index in [1.54, 1.807) is 0 Å². The maximum Gasteiger partial charge on any atom is 0.319 e. The average molecular weight is 394 g/mol. The van der Waals surface area contributed by atoms with Gasteiger partial charge in [-0.1, -0.05) is 11.6 Å². The van der Waals surface area contributed by atoms with Gasteiger partial charge < -0.3 is 25.0 Å². The first-order valence-electron chi connectivity index (χ1n) is 9.97. The zero-order chi connectivity index (χ0) is 18.7. The number of benzene rings is 1. The normalized spacial score (nSPS) is 28.3. The Labute approximate surface area is 165 Å². The number of ether oxygens (including phenoxy) is 2. The Morgan fingerprint density at radius 3 is 2.85 bits per heavy atom. The van der Waals surface area contributed by atoms with Crippen LogP contribution in [0, 0.1) is 0 Å². The van der Waals surface area contributed by atoms with Crippen LogP contribution in [0.1, 0.15) is 38.5 Å². The summed E-state index contributed by atoms with van der Waals surface area (Å²) in [4.78, 5) is 15.0. The highest BCUT2D eigenvalue weighted by molar-refractivity contribution is 6.31. The molecule has 0 aromatic heterocycles. The number of rotatable bonds is 3. The van der Waals surface area contributed by atoms with Gasteiger partial charge in [-0.3, -0.25) is 0 Å². The largest absolute Gasteiger partial charge is 0.378 e. The molecule has 3 saturated heterocycles. The van der Waals surface area contributed by atoms with E-state index in [-0.39, 0.29) is 17.7 Å². The zero-order valence-corrected chi connectivity index (χ0v) is 16.4. The Morgan fingerprint density at radius 1 is 1.22 bits per heavy atom. The quantitative estimate of drug-likeness (QED) is 0.820. The van der Waals surface area contributed by atoms with E-state index in [9.17, 15) is 4.79 Å². The number of urea groups is 1. The summed E-state index contributed by atoms with van der Waals surface area (Å²) in [5.41, 5.74) is 1.60. The first-order valence-corrected chi connectivity index (χ1v) is 10.4. The number of amides is 2. The molecule has 3 fully saturated rings. The van der Waals surface area contributed by atoms with Crippen molar-refractivity contribution in [3.63, 3.8) is 0 Å². The van der Waals surface area contributed by atoms with E-state index in [1.807, 2.05) is 18.2 Å². The van der Waals surface area contributed by atoms with Crippen molar-refractivity contribution in [1.29, 1.82) is 0 Å². The van der Waals surface area contributed by atoms with Gasteiger partial charge in [0.2, 0.25) is 0 Å². The third-order valence-corrected chi connectivity index (χ3v) is 6.03. The minimum Gasteiger partial charge on any atom is -0.378 e. The van der Waals surface area contributed by atoms with Gasteiger partial charge >= 0.3 is 6.03 Å². The molecule has 1 aromatic rings. The molecule has 0 bridgehead atoms. The highest BCUT2D eigenvalue weighted by atomic mass is 35.5. The van der Waals surface area contributed by atoms with Crippen LogP contribution in [0.2, 0.25) is 5.02 Å². The molecule has 2 N–H and O–H groups in total. The van der Waals surface area contributed by atoms with E-state index in [2.05, 4.69) is 15.5 Å². The van der Waals surface area contributed by atoms with E-state index in [0.29, 0.717) is 18.2 Å². The number of carbonyl (C=O) groups is 1. The van der Waals surface area contributed by atoms with Crippen molar-refractivity contribution in [2.75, 3.05) is 43.1 Å². The topological polar surface area (TPSA) is 62.8 Å². The second-order valence-electron chi connectivity index (χ2n) is 7.83. The minimum atomic E-state index is -0.217. The second-order valence-corrected chi connectivity index (χ2v) is 8.27. The Balaban J connectivity index is 1.41. The lowest BCUT2D eigenvalue weighted by Gasteiger charge is -2.37. The standard InChI is InChI=1S/C20H28ClN3O3/c21-15-4-5-18(24-8-2-1-3-9-24)17(12-15)23-19(25)22-16-6-10-27-20(13-16)7-11-26-14-20/h4-5,12,16H,1-3,6-11,13-14H2,(H2,22,23,25). The molecule has 0 radical (unpaired) electrons. The van der Waals surface area contributed by atoms with Gasteiger partial charge in [-0.15, -0.1) is 0 Å². The maximum absolute atomic E-state index is 12.7. The minimum absolute atomic E-state index is 0.0954. The molecule has 1 spiro atoms. The van der Waals surface area contributed by atoms with Crippen molar-refractivity contribution in [3.8, 4) is 0 Å². The Morgan fingerprint density at radius 2 is 2.07 bits per heavy atom. The van der Waals surface area contributed by atoms with Gasteiger partial charge in [0.05, 0.1) is 23.6 Å². The molecule has 4 rings (SSSR count). The number of carbonyl (C=O) groups excluding carboxylic acids is 1. The maximum atomic E-state index is 12.7. The number of hydrogen-bond acceptors (Lipinski definition) is 4. The van der Waals surface area contributed by atoms with Crippen molar-refractivity contribution in [3.05, 3.63) is 23.2 Å². The fourth-order valence-electron chi connectivity index (χ4n) is 4.38. The molecule has 3 aliphatic rings. The van der Waals surface area contributed by atoms with E-state index in [1.165, 1.54) is 19.3 Å². The van der Waals surface area contributed by atoms with Crippen molar-refractivity contribution in [2.24, 2.45) is 0 Å². The van der Waals surface area contributed by atoms with Gasteiger partial charge in [0.1, 0.15) is 0 Å². The summed E-state index contributed by atoms with van der Waals surface area (Å²) in [6.07, 6.45) is 6.16. The lowest BCUT2D eigenvalue weighted by Crippen LogP contribution is -2.50. The summed E-state index contributed by atoms with van der Waals surface area (Å²) < 4.78 is 11.5. The molecule has 27 heavy (non-hydrogen) atoms. The molecule has 2 unspecified atom stereocenters. The lowest BCUT2D eigenvalue weighted by molar-refractivity contribution is -0.0877. The molecule has 1 aromatic carbocycles. The van der Waals surface area contributed by atoms with Crippen molar-refractivity contribution >= 4 is 29.0 Å². The summed E-state index contributed by atoms with van der Waals surface area (Å²) in [6, 6.07) is 5.63. The zero-order valence-electron chi connectivity index (χ0n) is 15.6. The SMILES string of the molecule is O=C(Nc1cc(Cl)ccc1N1CCCCC1)NC1CCOC2(CCOC2)C1.